The van der Waals surface area contributed by atoms with E-state index < -0.39 is 0 Å². The Morgan fingerprint density at radius 3 is 1.98 bits per heavy atom. The van der Waals surface area contributed by atoms with E-state index in [1.54, 1.807) is 0 Å². The minimum atomic E-state index is -0.111. The lowest BCUT2D eigenvalue weighted by Crippen LogP contribution is -2.16. The zero-order valence-corrected chi connectivity index (χ0v) is 29.4. The highest BCUT2D eigenvalue weighted by Gasteiger charge is 2.38. The summed E-state index contributed by atoms with van der Waals surface area (Å²) < 4.78 is 2.58. The predicted molar refractivity (Wildman–Crippen MR) is 220 cm³/mol. The molecule has 0 atom stereocenters. The number of anilines is 3. The molecule has 242 valence electrons. The van der Waals surface area contributed by atoms with E-state index >= 15 is 0 Å². The second kappa shape index (κ2) is 11.6. The Morgan fingerprint density at radius 2 is 1.10 bits per heavy atom. The Bertz CT molecular complexity index is 2790. The van der Waals surface area contributed by atoms with Crippen molar-refractivity contribution >= 4 is 59.3 Å². The van der Waals surface area contributed by atoms with Crippen LogP contribution in [-0.2, 0) is 5.41 Å². The smallest absolute Gasteiger partial charge is 0.0640 e. The van der Waals surface area contributed by atoms with E-state index in [1.165, 1.54) is 86.8 Å². The molecule has 0 fully saturated rings. The second-order valence-electron chi connectivity index (χ2n) is 14.1. The first kappa shape index (κ1) is 29.9. The summed E-state index contributed by atoms with van der Waals surface area (Å²) in [7, 11) is 0. The molecule has 0 unspecified atom stereocenters. The molecule has 1 aliphatic carbocycles. The first-order valence-corrected chi connectivity index (χ1v) is 18.5. The quantitative estimate of drug-likeness (QED) is 0.176. The third-order valence-corrected chi connectivity index (χ3v) is 12.1. The van der Waals surface area contributed by atoms with Gasteiger partial charge in [-0.3, -0.25) is 0 Å². The van der Waals surface area contributed by atoms with Crippen LogP contribution in [0.4, 0.5) is 17.1 Å². The van der Waals surface area contributed by atoms with Crippen LogP contribution in [0.2, 0.25) is 0 Å². The Balaban J connectivity index is 1.29. The van der Waals surface area contributed by atoms with Gasteiger partial charge in [-0.15, -0.1) is 11.3 Å². The molecule has 8 aromatic carbocycles. The summed E-state index contributed by atoms with van der Waals surface area (Å²) in [5.41, 5.74) is 13.7. The van der Waals surface area contributed by atoms with Gasteiger partial charge in [0.05, 0.1) is 21.8 Å². The van der Waals surface area contributed by atoms with E-state index in [9.17, 15) is 0 Å². The van der Waals surface area contributed by atoms with Gasteiger partial charge in [0.1, 0.15) is 0 Å². The van der Waals surface area contributed by atoms with Crippen LogP contribution in [0, 0.1) is 0 Å². The van der Waals surface area contributed by atoms with E-state index in [0.717, 1.165) is 5.69 Å². The largest absolute Gasteiger partial charge is 0.308 e. The van der Waals surface area contributed by atoms with Crippen LogP contribution in [-0.4, -0.2) is 0 Å². The van der Waals surface area contributed by atoms with Gasteiger partial charge < -0.3 is 4.90 Å². The summed E-state index contributed by atoms with van der Waals surface area (Å²) in [4.78, 5) is 2.56. The number of thiophene rings is 1. The Morgan fingerprint density at radius 1 is 0.451 bits per heavy atom. The normalized spacial score (nSPS) is 13.1. The second-order valence-corrected chi connectivity index (χ2v) is 15.1. The molecular formula is C49H35NS. The van der Waals surface area contributed by atoms with E-state index in [-0.39, 0.29) is 5.41 Å². The number of hydrogen-bond donors (Lipinski definition) is 0. The summed E-state index contributed by atoms with van der Waals surface area (Å²) in [6.45, 7) is 4.74. The van der Waals surface area contributed by atoms with Crippen LogP contribution in [0.1, 0.15) is 25.0 Å². The summed E-state index contributed by atoms with van der Waals surface area (Å²) in [5.74, 6) is 0. The van der Waals surface area contributed by atoms with Crippen molar-refractivity contribution in [1.82, 2.24) is 0 Å². The SMILES string of the molecule is CC1(C)c2ccccc2-c2c(N(c3ccccc3-c3ccc4ccccc4c3)c3cccc4c3sc3cccc(-c5ccccc5)c34)cccc21. The highest BCUT2D eigenvalue weighted by molar-refractivity contribution is 7.26. The van der Waals surface area contributed by atoms with Gasteiger partial charge in [0, 0.05) is 32.0 Å². The maximum absolute atomic E-state index is 2.56. The Kier molecular flexibility index (Phi) is 6.78. The van der Waals surface area contributed by atoms with Gasteiger partial charge in [-0.25, -0.2) is 0 Å². The van der Waals surface area contributed by atoms with Crippen LogP contribution >= 0.6 is 11.3 Å². The fourth-order valence-corrected chi connectivity index (χ4v) is 9.68. The van der Waals surface area contributed by atoms with Gasteiger partial charge in [0.2, 0.25) is 0 Å². The monoisotopic (exact) mass is 669 g/mol. The number of rotatable bonds is 5. The first-order chi connectivity index (χ1) is 25.1. The molecule has 0 saturated carbocycles. The average molecular weight is 670 g/mol. The van der Waals surface area contributed by atoms with E-state index in [4.69, 9.17) is 0 Å². The van der Waals surface area contributed by atoms with Crippen molar-refractivity contribution in [1.29, 1.82) is 0 Å². The van der Waals surface area contributed by atoms with Crippen molar-refractivity contribution in [2.24, 2.45) is 0 Å². The molecular weight excluding hydrogens is 635 g/mol. The van der Waals surface area contributed by atoms with Crippen molar-refractivity contribution in [3.8, 4) is 33.4 Å². The molecule has 0 N–H and O–H groups in total. The fraction of sp³-hybridized carbons (Fsp3) is 0.0612. The highest BCUT2D eigenvalue weighted by atomic mass is 32.1. The van der Waals surface area contributed by atoms with Crippen molar-refractivity contribution in [3.05, 3.63) is 187 Å². The molecule has 10 rings (SSSR count). The molecule has 0 amide bonds. The molecule has 1 heterocycles. The maximum atomic E-state index is 2.56. The minimum absolute atomic E-state index is 0.111. The molecule has 0 bridgehead atoms. The number of fused-ring (bicyclic) bond motifs is 7. The highest BCUT2D eigenvalue weighted by Crippen LogP contribution is 2.56. The van der Waals surface area contributed by atoms with Crippen molar-refractivity contribution in [2.45, 2.75) is 19.3 Å². The summed E-state index contributed by atoms with van der Waals surface area (Å²) in [6.07, 6.45) is 0. The molecule has 1 aliphatic rings. The predicted octanol–water partition coefficient (Wildman–Crippen LogP) is 14.3. The molecule has 9 aromatic rings. The van der Waals surface area contributed by atoms with Gasteiger partial charge in [0.25, 0.3) is 0 Å². The fourth-order valence-electron chi connectivity index (χ4n) is 8.45. The zero-order chi connectivity index (χ0) is 34.1. The summed E-state index contributed by atoms with van der Waals surface area (Å²) in [6, 6.07) is 64.8. The standard InChI is InChI=1S/C49H35NS/c1-49(2)40-23-10-8-20-38(40)47-41(49)24-14-26-43(47)50(42-25-11-9-19-36(42)35-30-29-32-15-6-7-18-34(32)31-35)44-27-12-22-39-46-37(33-16-4-3-5-17-33)21-13-28-45(46)51-48(39)44/h3-31H,1-2H3. The number of para-hydroxylation sites is 1. The molecule has 0 aliphatic heterocycles. The Hall–Kier alpha value is -5.96. The Labute approximate surface area is 302 Å². The molecule has 1 nitrogen and oxygen atoms in total. The van der Waals surface area contributed by atoms with Crippen LogP contribution < -0.4 is 4.90 Å². The van der Waals surface area contributed by atoms with E-state index in [0.29, 0.717) is 0 Å². The molecule has 0 saturated heterocycles. The molecule has 51 heavy (non-hydrogen) atoms. The molecule has 1 aromatic heterocycles. The molecule has 0 spiro atoms. The van der Waals surface area contributed by atoms with Crippen LogP contribution in [0.25, 0.3) is 64.3 Å². The lowest BCUT2D eigenvalue weighted by molar-refractivity contribution is 0.660. The molecule has 2 heteroatoms. The third kappa shape index (κ3) is 4.60. The van der Waals surface area contributed by atoms with Crippen molar-refractivity contribution < 1.29 is 0 Å². The van der Waals surface area contributed by atoms with Gasteiger partial charge in [-0.05, 0) is 74.5 Å². The summed E-state index contributed by atoms with van der Waals surface area (Å²) >= 11 is 1.90. The van der Waals surface area contributed by atoms with Crippen molar-refractivity contribution in [3.63, 3.8) is 0 Å². The topological polar surface area (TPSA) is 3.24 Å². The van der Waals surface area contributed by atoms with Gasteiger partial charge in [0.15, 0.2) is 0 Å². The maximum Gasteiger partial charge on any atom is 0.0640 e. The number of benzene rings is 8. The first-order valence-electron chi connectivity index (χ1n) is 17.7. The van der Waals surface area contributed by atoms with Crippen molar-refractivity contribution in [2.75, 3.05) is 4.90 Å². The lowest BCUT2D eigenvalue weighted by Gasteiger charge is -2.31. The average Bonchev–Trinajstić information content (AvgIpc) is 3.68. The third-order valence-electron chi connectivity index (χ3n) is 10.9. The van der Waals surface area contributed by atoms with Crippen LogP contribution in [0.5, 0.6) is 0 Å². The number of hydrogen-bond acceptors (Lipinski definition) is 2. The van der Waals surface area contributed by atoms with Gasteiger partial charge in [-0.2, -0.15) is 0 Å². The minimum Gasteiger partial charge on any atom is -0.308 e. The van der Waals surface area contributed by atoms with E-state index in [2.05, 4.69) is 195 Å². The number of nitrogens with zero attached hydrogens (tertiary/aromatic N) is 1. The van der Waals surface area contributed by atoms with E-state index in [1.807, 2.05) is 11.3 Å². The van der Waals surface area contributed by atoms with Gasteiger partial charge in [-0.1, -0.05) is 159 Å². The summed E-state index contributed by atoms with van der Waals surface area (Å²) in [5, 5.41) is 5.10. The molecule has 0 radical (unpaired) electrons. The lowest BCUT2D eigenvalue weighted by atomic mass is 9.82. The van der Waals surface area contributed by atoms with Crippen LogP contribution in [0.3, 0.4) is 0 Å². The van der Waals surface area contributed by atoms with Crippen LogP contribution in [0.15, 0.2) is 176 Å². The van der Waals surface area contributed by atoms with Gasteiger partial charge >= 0.3 is 0 Å². The zero-order valence-electron chi connectivity index (χ0n) is 28.6.